The number of amides is 2. The number of carbonyl (C=O) groups is 3. The number of furan rings is 2. The van der Waals surface area contributed by atoms with Crippen LogP contribution in [0.25, 0.3) is 0 Å². The van der Waals surface area contributed by atoms with E-state index in [0.29, 0.717) is 17.0 Å². The highest BCUT2D eigenvalue weighted by molar-refractivity contribution is 6.05. The maximum absolute atomic E-state index is 12.5. The van der Waals surface area contributed by atoms with Gasteiger partial charge in [0.15, 0.2) is 6.61 Å². The number of ether oxygens (including phenoxy) is 1. The molecule has 2 amide bonds. The molecule has 0 unspecified atom stereocenters. The average molecular weight is 382 g/mol. The molecule has 0 radical (unpaired) electrons. The molecule has 28 heavy (non-hydrogen) atoms. The molecule has 3 rings (SSSR count). The first-order valence-corrected chi connectivity index (χ1v) is 8.43. The van der Waals surface area contributed by atoms with E-state index in [9.17, 15) is 14.4 Å². The van der Waals surface area contributed by atoms with Gasteiger partial charge in [-0.1, -0.05) is 12.1 Å². The van der Waals surface area contributed by atoms with Crippen molar-refractivity contribution >= 4 is 23.5 Å². The van der Waals surface area contributed by atoms with Crippen molar-refractivity contribution in [3.05, 3.63) is 78.1 Å². The lowest BCUT2D eigenvalue weighted by atomic mass is 10.1. The van der Waals surface area contributed by atoms with E-state index in [1.54, 1.807) is 42.5 Å². The fourth-order valence-corrected chi connectivity index (χ4v) is 2.46. The largest absolute Gasteiger partial charge is 0.467 e. The molecule has 8 nitrogen and oxygen atoms in total. The smallest absolute Gasteiger partial charge is 0.374 e. The van der Waals surface area contributed by atoms with E-state index >= 15 is 0 Å². The van der Waals surface area contributed by atoms with Crippen LogP contribution in [0.5, 0.6) is 0 Å². The maximum Gasteiger partial charge on any atom is 0.374 e. The van der Waals surface area contributed by atoms with Crippen LogP contribution in [0, 0.1) is 0 Å². The number of hydrogen-bond donors (Lipinski definition) is 1. The van der Waals surface area contributed by atoms with E-state index in [1.165, 1.54) is 30.5 Å². The summed E-state index contributed by atoms with van der Waals surface area (Å²) in [5.41, 5.74) is 0.695. The second kappa shape index (κ2) is 8.72. The zero-order chi connectivity index (χ0) is 19.9. The normalized spacial score (nSPS) is 10.3. The Bertz CT molecular complexity index is 947. The van der Waals surface area contributed by atoms with Gasteiger partial charge in [0.2, 0.25) is 5.76 Å². The Morgan fingerprint density at radius 3 is 2.46 bits per heavy atom. The number of likely N-dealkylation sites (N-methyl/N-ethyl adjacent to an activating group) is 1. The van der Waals surface area contributed by atoms with Crippen LogP contribution in [0.1, 0.15) is 26.7 Å². The Morgan fingerprint density at radius 2 is 1.75 bits per heavy atom. The number of nitrogens with one attached hydrogen (secondary N) is 1. The number of anilines is 1. The van der Waals surface area contributed by atoms with Crippen LogP contribution >= 0.6 is 0 Å². The van der Waals surface area contributed by atoms with Gasteiger partial charge in [0.05, 0.1) is 30.3 Å². The van der Waals surface area contributed by atoms with E-state index in [1.807, 2.05) is 0 Å². The van der Waals surface area contributed by atoms with Crippen molar-refractivity contribution < 1.29 is 28.0 Å². The third-order valence-corrected chi connectivity index (χ3v) is 3.94. The highest BCUT2D eigenvalue weighted by Gasteiger charge is 2.20. The van der Waals surface area contributed by atoms with Gasteiger partial charge in [0.25, 0.3) is 11.8 Å². The van der Waals surface area contributed by atoms with Gasteiger partial charge in [-0.15, -0.1) is 0 Å². The molecule has 0 saturated carbocycles. The zero-order valence-corrected chi connectivity index (χ0v) is 15.1. The van der Waals surface area contributed by atoms with Crippen LogP contribution in [0.3, 0.4) is 0 Å². The molecule has 0 aliphatic carbocycles. The molecule has 3 aromatic rings. The highest BCUT2D eigenvalue weighted by Crippen LogP contribution is 2.20. The lowest BCUT2D eigenvalue weighted by Gasteiger charge is -2.20. The second-order valence-electron chi connectivity index (χ2n) is 5.79. The van der Waals surface area contributed by atoms with Gasteiger partial charge in [0.1, 0.15) is 5.76 Å². The lowest BCUT2D eigenvalue weighted by molar-refractivity contribution is -0.121. The van der Waals surface area contributed by atoms with E-state index in [4.69, 9.17) is 13.6 Å². The van der Waals surface area contributed by atoms with Gasteiger partial charge in [0, 0.05) is 7.05 Å². The van der Waals surface area contributed by atoms with Gasteiger partial charge in [-0.05, 0) is 36.4 Å². The number of rotatable bonds is 7. The van der Waals surface area contributed by atoms with Crippen molar-refractivity contribution in [3.63, 3.8) is 0 Å². The number of benzene rings is 1. The maximum atomic E-state index is 12.5. The number of carbonyl (C=O) groups excluding carboxylic acids is 3. The van der Waals surface area contributed by atoms with Gasteiger partial charge in [-0.2, -0.15) is 0 Å². The Morgan fingerprint density at radius 1 is 1.00 bits per heavy atom. The standard InChI is InChI=1S/C20H18N2O6/c1-22(18(23)13-28-20(25)17-9-5-11-27-17)16-8-3-2-7-15(16)19(24)21-12-14-6-4-10-26-14/h2-11H,12-13H2,1H3,(H,21,24). The van der Waals surface area contributed by atoms with E-state index in [-0.39, 0.29) is 18.2 Å². The third kappa shape index (κ3) is 4.47. The predicted molar refractivity (Wildman–Crippen MR) is 98.7 cm³/mol. The fraction of sp³-hybridized carbons (Fsp3) is 0.150. The summed E-state index contributed by atoms with van der Waals surface area (Å²) in [5, 5.41) is 2.74. The van der Waals surface area contributed by atoms with Crippen molar-refractivity contribution in [3.8, 4) is 0 Å². The van der Waals surface area contributed by atoms with Gasteiger partial charge in [-0.3, -0.25) is 9.59 Å². The van der Waals surface area contributed by atoms with Crippen molar-refractivity contribution in [1.29, 1.82) is 0 Å². The summed E-state index contributed by atoms with van der Waals surface area (Å²) in [4.78, 5) is 38.0. The topological polar surface area (TPSA) is 102 Å². The van der Waals surface area contributed by atoms with Crippen molar-refractivity contribution in [2.45, 2.75) is 6.54 Å². The molecule has 1 aromatic carbocycles. The summed E-state index contributed by atoms with van der Waals surface area (Å²) in [7, 11) is 1.50. The lowest BCUT2D eigenvalue weighted by Crippen LogP contribution is -2.33. The zero-order valence-electron chi connectivity index (χ0n) is 15.1. The number of para-hydroxylation sites is 1. The predicted octanol–water partition coefficient (Wildman–Crippen LogP) is 2.62. The second-order valence-corrected chi connectivity index (χ2v) is 5.79. The third-order valence-electron chi connectivity index (χ3n) is 3.94. The average Bonchev–Trinajstić information content (AvgIpc) is 3.43. The minimum atomic E-state index is -0.740. The molecule has 144 valence electrons. The fourth-order valence-electron chi connectivity index (χ4n) is 2.46. The number of esters is 1. The van der Waals surface area contributed by atoms with Gasteiger partial charge < -0.3 is 23.8 Å². The summed E-state index contributed by atoms with van der Waals surface area (Å²) >= 11 is 0. The first kappa shape index (κ1) is 19.0. The Kier molecular flexibility index (Phi) is 5.91. The molecule has 0 saturated heterocycles. The van der Waals surface area contributed by atoms with Crippen LogP contribution in [0.2, 0.25) is 0 Å². The SMILES string of the molecule is CN(C(=O)COC(=O)c1ccco1)c1ccccc1C(=O)NCc1ccco1. The minimum Gasteiger partial charge on any atom is -0.467 e. The van der Waals surface area contributed by atoms with E-state index < -0.39 is 18.5 Å². The molecule has 0 aliphatic rings. The van der Waals surface area contributed by atoms with Crippen molar-refractivity contribution in [2.24, 2.45) is 0 Å². The molecule has 0 aliphatic heterocycles. The molecule has 0 bridgehead atoms. The van der Waals surface area contributed by atoms with Crippen LogP contribution in [-0.4, -0.2) is 31.4 Å². The molecular formula is C20H18N2O6. The molecular weight excluding hydrogens is 364 g/mol. The van der Waals surface area contributed by atoms with E-state index in [0.717, 1.165) is 0 Å². The summed E-state index contributed by atoms with van der Waals surface area (Å²) in [5.74, 6) is -0.977. The number of nitrogens with zero attached hydrogens (tertiary/aromatic N) is 1. The highest BCUT2D eigenvalue weighted by atomic mass is 16.5. The minimum absolute atomic E-state index is 0.00755. The Balaban J connectivity index is 1.64. The number of hydrogen-bond acceptors (Lipinski definition) is 6. The quantitative estimate of drug-likeness (QED) is 0.630. The molecule has 2 aromatic heterocycles. The summed E-state index contributed by atoms with van der Waals surface area (Å²) in [6.07, 6.45) is 2.86. The summed E-state index contributed by atoms with van der Waals surface area (Å²) in [6.45, 7) is -0.267. The molecule has 0 atom stereocenters. The molecule has 1 N–H and O–H groups in total. The van der Waals surface area contributed by atoms with Gasteiger partial charge >= 0.3 is 5.97 Å². The van der Waals surface area contributed by atoms with Crippen molar-refractivity contribution in [1.82, 2.24) is 5.32 Å². The van der Waals surface area contributed by atoms with Gasteiger partial charge in [-0.25, -0.2) is 4.79 Å². The van der Waals surface area contributed by atoms with Crippen LogP contribution < -0.4 is 10.2 Å². The van der Waals surface area contributed by atoms with Crippen molar-refractivity contribution in [2.75, 3.05) is 18.6 Å². The molecule has 2 heterocycles. The van der Waals surface area contributed by atoms with Crippen LogP contribution in [0.4, 0.5) is 5.69 Å². The Hall–Kier alpha value is -3.81. The molecule has 8 heteroatoms. The monoisotopic (exact) mass is 382 g/mol. The van der Waals surface area contributed by atoms with Crippen LogP contribution in [0.15, 0.2) is 69.9 Å². The molecule has 0 spiro atoms. The molecule has 0 fully saturated rings. The first-order chi connectivity index (χ1) is 13.6. The first-order valence-electron chi connectivity index (χ1n) is 8.43. The summed E-state index contributed by atoms with van der Waals surface area (Å²) in [6, 6.07) is 13.1. The Labute approximate surface area is 160 Å². The summed E-state index contributed by atoms with van der Waals surface area (Å²) < 4.78 is 15.1. The van der Waals surface area contributed by atoms with Crippen LogP contribution in [-0.2, 0) is 16.1 Å². The van der Waals surface area contributed by atoms with E-state index in [2.05, 4.69) is 5.32 Å².